The van der Waals surface area contributed by atoms with Crippen molar-refractivity contribution in [1.29, 1.82) is 0 Å². The number of rotatable bonds is 6. The number of furan rings is 1. The number of likely N-dealkylation sites (N-methyl/N-ethyl adjacent to an activating group) is 1. The number of hydrazine groups is 1. The highest BCUT2D eigenvalue weighted by atomic mass is 16.5. The van der Waals surface area contributed by atoms with Gasteiger partial charge in [-0.2, -0.15) is 0 Å². The first kappa shape index (κ1) is 15.0. The second kappa shape index (κ2) is 6.88. The van der Waals surface area contributed by atoms with Gasteiger partial charge < -0.3 is 9.15 Å². The van der Waals surface area contributed by atoms with Gasteiger partial charge in [-0.15, -0.1) is 0 Å². The summed E-state index contributed by atoms with van der Waals surface area (Å²) in [5.41, 5.74) is 3.10. The molecule has 1 aliphatic heterocycles. The number of amides is 1. The Kier molecular flexibility index (Phi) is 5.17. The highest BCUT2D eigenvalue weighted by molar-refractivity contribution is 5.91. The molecule has 1 aliphatic rings. The standard InChI is InChI=1S/C14H23N3O3/c1-3-17(9-12-5-4-6-19-12)8-11-7-13(14(18)16-15)20-10(11)2/h7,12H,3-6,8-9,15H2,1-2H3,(H,16,18). The molecule has 20 heavy (non-hydrogen) atoms. The predicted molar refractivity (Wildman–Crippen MR) is 75.0 cm³/mol. The van der Waals surface area contributed by atoms with Crippen LogP contribution in [0.3, 0.4) is 0 Å². The minimum Gasteiger partial charge on any atom is -0.456 e. The van der Waals surface area contributed by atoms with Crippen molar-refractivity contribution in [2.45, 2.75) is 39.3 Å². The third-order valence-corrected chi connectivity index (χ3v) is 3.70. The second-order valence-electron chi connectivity index (χ2n) is 5.13. The van der Waals surface area contributed by atoms with Crippen LogP contribution in [0.2, 0.25) is 0 Å². The Hall–Kier alpha value is -1.37. The van der Waals surface area contributed by atoms with E-state index in [0.29, 0.717) is 6.10 Å². The van der Waals surface area contributed by atoms with Gasteiger partial charge in [0, 0.05) is 25.3 Å². The van der Waals surface area contributed by atoms with Crippen molar-refractivity contribution < 1.29 is 13.9 Å². The zero-order valence-electron chi connectivity index (χ0n) is 12.1. The molecule has 0 radical (unpaired) electrons. The van der Waals surface area contributed by atoms with Crippen LogP contribution in [0.1, 0.15) is 41.6 Å². The SMILES string of the molecule is CCN(Cc1cc(C(=O)NN)oc1C)CC1CCCO1. The zero-order valence-corrected chi connectivity index (χ0v) is 12.1. The smallest absolute Gasteiger partial charge is 0.300 e. The minimum absolute atomic E-state index is 0.258. The molecule has 0 aliphatic carbocycles. The van der Waals surface area contributed by atoms with Gasteiger partial charge >= 0.3 is 5.91 Å². The van der Waals surface area contributed by atoms with Crippen LogP contribution in [-0.2, 0) is 11.3 Å². The quantitative estimate of drug-likeness (QED) is 0.465. The molecule has 6 nitrogen and oxygen atoms in total. The van der Waals surface area contributed by atoms with Gasteiger partial charge in [0.25, 0.3) is 0 Å². The van der Waals surface area contributed by atoms with Crippen LogP contribution >= 0.6 is 0 Å². The van der Waals surface area contributed by atoms with Gasteiger partial charge in [-0.25, -0.2) is 5.84 Å². The molecule has 1 fully saturated rings. The fourth-order valence-electron chi connectivity index (χ4n) is 2.48. The molecule has 3 N–H and O–H groups in total. The van der Waals surface area contributed by atoms with E-state index in [0.717, 1.165) is 50.4 Å². The van der Waals surface area contributed by atoms with Crippen molar-refractivity contribution in [2.75, 3.05) is 19.7 Å². The monoisotopic (exact) mass is 281 g/mol. The second-order valence-corrected chi connectivity index (χ2v) is 5.13. The maximum atomic E-state index is 11.4. The van der Waals surface area contributed by atoms with Crippen molar-refractivity contribution in [2.24, 2.45) is 5.84 Å². The average molecular weight is 281 g/mol. The van der Waals surface area contributed by atoms with E-state index >= 15 is 0 Å². The van der Waals surface area contributed by atoms with E-state index in [4.69, 9.17) is 15.0 Å². The van der Waals surface area contributed by atoms with E-state index in [1.54, 1.807) is 6.07 Å². The van der Waals surface area contributed by atoms with Gasteiger partial charge in [0.1, 0.15) is 5.76 Å². The normalized spacial score (nSPS) is 18.7. The molecular weight excluding hydrogens is 258 g/mol. The fraction of sp³-hybridized carbons (Fsp3) is 0.643. The summed E-state index contributed by atoms with van der Waals surface area (Å²) in [6, 6.07) is 1.76. The lowest BCUT2D eigenvalue weighted by atomic mass is 10.2. The topological polar surface area (TPSA) is 80.7 Å². The first-order valence-corrected chi connectivity index (χ1v) is 7.08. The number of ether oxygens (including phenoxy) is 1. The summed E-state index contributed by atoms with van der Waals surface area (Å²) in [5.74, 6) is 5.73. The summed E-state index contributed by atoms with van der Waals surface area (Å²) in [7, 11) is 0. The number of aryl methyl sites for hydroxylation is 1. The van der Waals surface area contributed by atoms with Crippen molar-refractivity contribution in [1.82, 2.24) is 10.3 Å². The molecule has 1 atom stereocenters. The van der Waals surface area contributed by atoms with Crippen molar-refractivity contribution >= 4 is 5.91 Å². The summed E-state index contributed by atoms with van der Waals surface area (Å²) in [4.78, 5) is 13.8. The van der Waals surface area contributed by atoms with Crippen molar-refractivity contribution in [3.63, 3.8) is 0 Å². The molecule has 1 saturated heterocycles. The summed E-state index contributed by atoms with van der Waals surface area (Å²) < 4.78 is 11.1. The average Bonchev–Trinajstić information content (AvgIpc) is 3.07. The van der Waals surface area contributed by atoms with E-state index in [2.05, 4.69) is 17.2 Å². The van der Waals surface area contributed by atoms with Crippen LogP contribution in [0.4, 0.5) is 0 Å². The molecule has 0 spiro atoms. The van der Waals surface area contributed by atoms with Gasteiger partial charge in [-0.1, -0.05) is 6.92 Å². The lowest BCUT2D eigenvalue weighted by Crippen LogP contribution is -2.31. The lowest BCUT2D eigenvalue weighted by molar-refractivity contribution is 0.0723. The van der Waals surface area contributed by atoms with Gasteiger partial charge in [-0.3, -0.25) is 15.1 Å². The number of nitrogen functional groups attached to an aromatic ring is 1. The van der Waals surface area contributed by atoms with E-state index < -0.39 is 5.91 Å². The maximum absolute atomic E-state index is 11.4. The molecular formula is C14H23N3O3. The Balaban J connectivity index is 1.99. The van der Waals surface area contributed by atoms with Crippen molar-refractivity contribution in [3.8, 4) is 0 Å². The van der Waals surface area contributed by atoms with Crippen LogP contribution < -0.4 is 11.3 Å². The predicted octanol–water partition coefficient (Wildman–Crippen LogP) is 1.19. The van der Waals surface area contributed by atoms with Crippen molar-refractivity contribution in [3.05, 3.63) is 23.2 Å². The molecule has 1 aromatic rings. The maximum Gasteiger partial charge on any atom is 0.300 e. The minimum atomic E-state index is -0.401. The Morgan fingerprint density at radius 1 is 1.60 bits per heavy atom. The molecule has 2 rings (SSSR count). The molecule has 1 aromatic heterocycles. The van der Waals surface area contributed by atoms with E-state index in [9.17, 15) is 4.79 Å². The Morgan fingerprint density at radius 2 is 2.40 bits per heavy atom. The summed E-state index contributed by atoms with van der Waals surface area (Å²) in [6.07, 6.45) is 2.60. The number of nitrogens with one attached hydrogen (secondary N) is 1. The largest absolute Gasteiger partial charge is 0.456 e. The number of nitrogens with two attached hydrogens (primary N) is 1. The van der Waals surface area contributed by atoms with Gasteiger partial charge in [0.15, 0.2) is 5.76 Å². The lowest BCUT2D eigenvalue weighted by Gasteiger charge is -2.23. The first-order valence-electron chi connectivity index (χ1n) is 7.08. The molecule has 1 unspecified atom stereocenters. The Bertz CT molecular complexity index is 453. The molecule has 0 aromatic carbocycles. The number of carbonyl (C=O) groups excluding carboxylic acids is 1. The van der Waals surface area contributed by atoms with Crippen LogP contribution in [0.25, 0.3) is 0 Å². The summed E-state index contributed by atoms with van der Waals surface area (Å²) in [5, 5.41) is 0. The third-order valence-electron chi connectivity index (χ3n) is 3.70. The van der Waals surface area contributed by atoms with Gasteiger partial charge in [-0.05, 0) is 32.4 Å². The number of carbonyl (C=O) groups is 1. The molecule has 1 amide bonds. The van der Waals surface area contributed by atoms with Crippen LogP contribution in [0.5, 0.6) is 0 Å². The summed E-state index contributed by atoms with van der Waals surface area (Å²) >= 11 is 0. The number of hydrogen-bond acceptors (Lipinski definition) is 5. The van der Waals surface area contributed by atoms with E-state index in [-0.39, 0.29) is 5.76 Å². The van der Waals surface area contributed by atoms with E-state index in [1.165, 1.54) is 0 Å². The van der Waals surface area contributed by atoms with Gasteiger partial charge in [0.05, 0.1) is 6.10 Å². The number of nitrogens with zero attached hydrogens (tertiary/aromatic N) is 1. The molecule has 0 saturated carbocycles. The number of hydrogen-bond donors (Lipinski definition) is 2. The highest BCUT2D eigenvalue weighted by Gasteiger charge is 2.20. The van der Waals surface area contributed by atoms with Gasteiger partial charge in [0.2, 0.25) is 0 Å². The molecule has 0 bridgehead atoms. The van der Waals surface area contributed by atoms with E-state index in [1.807, 2.05) is 6.92 Å². The molecule has 6 heteroatoms. The fourth-order valence-corrected chi connectivity index (χ4v) is 2.48. The van der Waals surface area contributed by atoms with Crippen LogP contribution in [0, 0.1) is 6.92 Å². The van der Waals surface area contributed by atoms with Crippen LogP contribution in [-0.4, -0.2) is 36.6 Å². The Labute approximate surface area is 119 Å². The zero-order chi connectivity index (χ0) is 14.5. The van der Waals surface area contributed by atoms with Crippen LogP contribution in [0.15, 0.2) is 10.5 Å². The highest BCUT2D eigenvalue weighted by Crippen LogP contribution is 2.19. The third kappa shape index (κ3) is 3.59. The Morgan fingerprint density at radius 3 is 3.00 bits per heavy atom. The first-order chi connectivity index (χ1) is 9.63. The summed E-state index contributed by atoms with van der Waals surface area (Å²) in [6.45, 7) is 7.46. The molecule has 2 heterocycles. The molecule has 112 valence electrons.